The van der Waals surface area contributed by atoms with Gasteiger partial charge in [-0.1, -0.05) is 29.8 Å². The largest absolute Gasteiger partial charge is 0.493 e. The molecule has 3 rings (SSSR count). The second-order valence-corrected chi connectivity index (χ2v) is 6.42. The highest BCUT2D eigenvalue weighted by Gasteiger charge is 2.24. The summed E-state index contributed by atoms with van der Waals surface area (Å²) in [5.41, 5.74) is 2.22. The van der Waals surface area contributed by atoms with E-state index in [4.69, 9.17) is 17.8 Å². The standard InChI is InChI=1S/C18H20O5S/c1-13-6-9-15(10-7-13)23-24(19)21-12-16-11-8-14-4-3-5-17(20-2)18(14)22-16/h3-7,9-10,16H,8,11-12H2,1-2H3. The predicted molar refractivity (Wildman–Crippen MR) is 91.6 cm³/mol. The average Bonchev–Trinajstić information content (AvgIpc) is 2.61. The van der Waals surface area contributed by atoms with Gasteiger partial charge in [-0.2, -0.15) is 4.21 Å². The number of methoxy groups -OCH3 is 1. The van der Waals surface area contributed by atoms with Crippen molar-refractivity contribution in [2.24, 2.45) is 0 Å². The van der Waals surface area contributed by atoms with Crippen LogP contribution in [0.1, 0.15) is 17.5 Å². The molecule has 0 N–H and O–H groups in total. The lowest BCUT2D eigenvalue weighted by Gasteiger charge is -2.26. The molecule has 0 saturated heterocycles. The molecule has 2 atom stereocenters. The molecular formula is C18H20O5S. The Kier molecular flexibility index (Phi) is 5.37. The summed E-state index contributed by atoms with van der Waals surface area (Å²) in [5, 5.41) is 0. The topological polar surface area (TPSA) is 54.0 Å². The Labute approximate surface area is 144 Å². The summed E-state index contributed by atoms with van der Waals surface area (Å²) < 4.78 is 33.7. The maximum atomic E-state index is 11.9. The Balaban J connectivity index is 1.54. The van der Waals surface area contributed by atoms with Gasteiger partial charge in [0.25, 0.3) is 0 Å². The molecule has 0 radical (unpaired) electrons. The lowest BCUT2D eigenvalue weighted by Crippen LogP contribution is -2.28. The smallest absolute Gasteiger partial charge is 0.360 e. The van der Waals surface area contributed by atoms with Gasteiger partial charge in [-0.25, -0.2) is 0 Å². The van der Waals surface area contributed by atoms with Crippen molar-refractivity contribution in [3.05, 3.63) is 53.6 Å². The summed E-state index contributed by atoms with van der Waals surface area (Å²) in [4.78, 5) is 0. The highest BCUT2D eigenvalue weighted by Crippen LogP contribution is 2.36. The van der Waals surface area contributed by atoms with E-state index in [1.165, 1.54) is 0 Å². The van der Waals surface area contributed by atoms with E-state index < -0.39 is 11.4 Å². The first-order valence-corrected chi connectivity index (χ1v) is 8.78. The predicted octanol–water partition coefficient (Wildman–Crippen LogP) is 3.37. The van der Waals surface area contributed by atoms with E-state index in [1.807, 2.05) is 37.3 Å². The fourth-order valence-corrected chi connectivity index (χ4v) is 3.12. The first-order chi connectivity index (χ1) is 11.7. The van der Waals surface area contributed by atoms with E-state index in [-0.39, 0.29) is 12.7 Å². The third-order valence-corrected chi connectivity index (χ3v) is 4.49. The molecule has 128 valence electrons. The van der Waals surface area contributed by atoms with Gasteiger partial charge < -0.3 is 13.7 Å². The van der Waals surface area contributed by atoms with Crippen molar-refractivity contribution in [2.75, 3.05) is 13.7 Å². The summed E-state index contributed by atoms with van der Waals surface area (Å²) in [6.07, 6.45) is 1.48. The van der Waals surface area contributed by atoms with Crippen molar-refractivity contribution >= 4 is 11.4 Å². The number of ether oxygens (including phenoxy) is 2. The summed E-state index contributed by atoms with van der Waals surface area (Å²) in [5.74, 6) is 1.95. The van der Waals surface area contributed by atoms with E-state index >= 15 is 0 Å². The molecule has 0 amide bonds. The molecule has 1 aliphatic rings. The number of aryl methyl sites for hydroxylation is 2. The SMILES string of the molecule is COc1cccc2c1OC(COS(=O)Oc1ccc(C)cc1)CC2. The monoisotopic (exact) mass is 348 g/mol. The normalized spacial score (nSPS) is 17.5. The average molecular weight is 348 g/mol. The molecule has 1 heterocycles. The fraction of sp³-hybridized carbons (Fsp3) is 0.333. The van der Waals surface area contributed by atoms with E-state index in [2.05, 4.69) is 0 Å². The molecule has 1 aliphatic heterocycles. The van der Waals surface area contributed by atoms with Crippen LogP contribution in [-0.4, -0.2) is 24.0 Å². The van der Waals surface area contributed by atoms with Crippen LogP contribution in [0.15, 0.2) is 42.5 Å². The number of hydrogen-bond donors (Lipinski definition) is 0. The van der Waals surface area contributed by atoms with Crippen molar-refractivity contribution in [2.45, 2.75) is 25.9 Å². The Morgan fingerprint density at radius 2 is 2.00 bits per heavy atom. The summed E-state index contributed by atoms with van der Waals surface area (Å²) in [6, 6.07) is 13.1. The van der Waals surface area contributed by atoms with E-state index in [9.17, 15) is 4.21 Å². The van der Waals surface area contributed by atoms with Crippen molar-refractivity contribution < 1.29 is 22.0 Å². The lowest BCUT2D eigenvalue weighted by molar-refractivity contribution is 0.108. The van der Waals surface area contributed by atoms with Crippen molar-refractivity contribution in [1.29, 1.82) is 0 Å². The molecule has 0 spiro atoms. The lowest BCUT2D eigenvalue weighted by atomic mass is 10.0. The second-order valence-electron chi connectivity index (χ2n) is 5.61. The molecule has 6 heteroatoms. The van der Waals surface area contributed by atoms with Gasteiger partial charge in [-0.3, -0.25) is 4.18 Å². The quantitative estimate of drug-likeness (QED) is 0.801. The summed E-state index contributed by atoms with van der Waals surface area (Å²) in [6.45, 7) is 2.17. The van der Waals surface area contributed by atoms with Crippen molar-refractivity contribution in [3.8, 4) is 17.2 Å². The first kappa shape index (κ1) is 16.8. The summed E-state index contributed by atoms with van der Waals surface area (Å²) in [7, 11) is 1.61. The number of rotatable bonds is 6. The molecule has 5 nitrogen and oxygen atoms in total. The highest BCUT2D eigenvalue weighted by molar-refractivity contribution is 7.75. The minimum atomic E-state index is -1.86. The molecule has 24 heavy (non-hydrogen) atoms. The maximum absolute atomic E-state index is 11.9. The molecule has 2 aromatic rings. The molecule has 0 aliphatic carbocycles. The van der Waals surface area contributed by atoms with Crippen molar-refractivity contribution in [3.63, 3.8) is 0 Å². The zero-order valence-electron chi connectivity index (χ0n) is 13.7. The van der Waals surface area contributed by atoms with Gasteiger partial charge in [0.1, 0.15) is 18.5 Å². The number of fused-ring (bicyclic) bond motifs is 1. The van der Waals surface area contributed by atoms with Crippen molar-refractivity contribution in [1.82, 2.24) is 0 Å². The Morgan fingerprint density at radius 1 is 1.21 bits per heavy atom. The van der Waals surface area contributed by atoms with Crippen LogP contribution in [0, 0.1) is 6.92 Å². The van der Waals surface area contributed by atoms with Gasteiger partial charge in [0.2, 0.25) is 0 Å². The van der Waals surface area contributed by atoms with E-state index in [0.29, 0.717) is 11.5 Å². The Hall–Kier alpha value is -2.05. The zero-order valence-corrected chi connectivity index (χ0v) is 14.5. The van der Waals surface area contributed by atoms with E-state index in [1.54, 1.807) is 19.2 Å². The Morgan fingerprint density at radius 3 is 2.75 bits per heavy atom. The molecule has 0 aromatic heterocycles. The minimum Gasteiger partial charge on any atom is -0.493 e. The van der Waals surface area contributed by atoms with Crippen LogP contribution in [0.25, 0.3) is 0 Å². The van der Waals surface area contributed by atoms with Crippen LogP contribution in [0.2, 0.25) is 0 Å². The van der Waals surface area contributed by atoms with Crippen LogP contribution in [-0.2, 0) is 22.0 Å². The number of hydrogen-bond acceptors (Lipinski definition) is 5. The van der Waals surface area contributed by atoms with Gasteiger partial charge in [0.05, 0.1) is 7.11 Å². The van der Waals surface area contributed by atoms with Gasteiger partial charge >= 0.3 is 11.4 Å². The zero-order chi connectivity index (χ0) is 16.9. The van der Waals surface area contributed by atoms with Gasteiger partial charge in [-0.05, 0) is 43.5 Å². The van der Waals surface area contributed by atoms with Crippen LogP contribution < -0.4 is 13.7 Å². The third-order valence-electron chi connectivity index (χ3n) is 3.84. The van der Waals surface area contributed by atoms with Gasteiger partial charge in [-0.15, -0.1) is 0 Å². The summed E-state index contributed by atoms with van der Waals surface area (Å²) >= 11 is -1.86. The molecule has 0 fully saturated rings. The van der Waals surface area contributed by atoms with Crippen LogP contribution in [0.4, 0.5) is 0 Å². The highest BCUT2D eigenvalue weighted by atomic mass is 32.2. The maximum Gasteiger partial charge on any atom is 0.360 e. The second kappa shape index (κ2) is 7.68. The van der Waals surface area contributed by atoms with E-state index in [0.717, 1.165) is 29.7 Å². The minimum absolute atomic E-state index is 0.181. The molecule has 2 aromatic carbocycles. The third kappa shape index (κ3) is 4.07. The van der Waals surface area contributed by atoms with Crippen LogP contribution in [0.3, 0.4) is 0 Å². The molecule has 2 unspecified atom stereocenters. The first-order valence-electron chi connectivity index (χ1n) is 7.78. The van der Waals surface area contributed by atoms with Gasteiger partial charge in [0, 0.05) is 0 Å². The molecule has 0 bridgehead atoms. The van der Waals surface area contributed by atoms with Crippen LogP contribution >= 0.6 is 0 Å². The molecule has 0 saturated carbocycles. The fourth-order valence-electron chi connectivity index (χ4n) is 2.54. The number of benzene rings is 2. The number of para-hydroxylation sites is 1. The van der Waals surface area contributed by atoms with Crippen LogP contribution in [0.5, 0.6) is 17.2 Å². The Bertz CT molecular complexity index is 700. The van der Waals surface area contributed by atoms with Gasteiger partial charge in [0.15, 0.2) is 11.5 Å². The molecular weight excluding hydrogens is 328 g/mol.